The molecule has 31 heavy (non-hydrogen) atoms. The van der Waals surface area contributed by atoms with Gasteiger partial charge in [-0.2, -0.15) is 0 Å². The van der Waals surface area contributed by atoms with Crippen LogP contribution in [0.4, 0.5) is 11.4 Å². The number of ether oxygens (including phenoxy) is 2. The molecule has 0 N–H and O–H groups in total. The largest absolute Gasteiger partial charge is 0.493 e. The Bertz CT molecular complexity index is 1330. The normalized spacial score (nSPS) is 10.7. The van der Waals surface area contributed by atoms with Crippen molar-refractivity contribution in [1.29, 1.82) is 0 Å². The highest BCUT2D eigenvalue weighted by molar-refractivity contribution is 5.93. The first kappa shape index (κ1) is 20.2. The minimum absolute atomic E-state index is 0.283. The molecule has 1 aromatic heterocycles. The van der Waals surface area contributed by atoms with Crippen molar-refractivity contribution in [2.24, 2.45) is 0 Å². The van der Waals surface area contributed by atoms with E-state index in [2.05, 4.69) is 0 Å². The SMILES string of the molecule is COc1ccc(N(C)c2cc(=O)oc3ccccc23)cc1OC(=O)c1cccc(C)c1. The topological polar surface area (TPSA) is 69.0 Å². The Morgan fingerprint density at radius 1 is 0.935 bits per heavy atom. The summed E-state index contributed by atoms with van der Waals surface area (Å²) in [6.07, 6.45) is 0. The predicted molar refractivity (Wildman–Crippen MR) is 120 cm³/mol. The number of methoxy groups -OCH3 is 1. The van der Waals surface area contributed by atoms with Crippen LogP contribution in [0.2, 0.25) is 0 Å². The zero-order valence-corrected chi connectivity index (χ0v) is 17.4. The van der Waals surface area contributed by atoms with Crippen molar-refractivity contribution in [3.05, 3.63) is 94.3 Å². The second-order valence-corrected chi connectivity index (χ2v) is 7.10. The number of hydrogen-bond donors (Lipinski definition) is 0. The van der Waals surface area contributed by atoms with Crippen LogP contribution in [0.25, 0.3) is 11.0 Å². The number of esters is 1. The Balaban J connectivity index is 1.72. The van der Waals surface area contributed by atoms with E-state index in [1.54, 1.807) is 36.4 Å². The summed E-state index contributed by atoms with van der Waals surface area (Å²) in [5.74, 6) is 0.230. The average molecular weight is 415 g/mol. The average Bonchev–Trinajstić information content (AvgIpc) is 2.78. The molecule has 6 heteroatoms. The Labute approximate surface area is 179 Å². The molecular formula is C25H21NO5. The Morgan fingerprint density at radius 2 is 1.74 bits per heavy atom. The van der Waals surface area contributed by atoms with Gasteiger partial charge >= 0.3 is 11.6 Å². The maximum absolute atomic E-state index is 12.7. The third kappa shape index (κ3) is 4.14. The van der Waals surface area contributed by atoms with Crippen LogP contribution in [0.1, 0.15) is 15.9 Å². The molecule has 3 aromatic carbocycles. The number of para-hydroxylation sites is 1. The van der Waals surface area contributed by atoms with Crippen LogP contribution in [0.5, 0.6) is 11.5 Å². The first-order chi connectivity index (χ1) is 15.0. The highest BCUT2D eigenvalue weighted by atomic mass is 16.6. The van der Waals surface area contributed by atoms with Gasteiger partial charge in [-0.05, 0) is 43.3 Å². The molecule has 0 saturated heterocycles. The van der Waals surface area contributed by atoms with Gasteiger partial charge in [-0.3, -0.25) is 0 Å². The van der Waals surface area contributed by atoms with Crippen LogP contribution in [0.15, 0.2) is 82.0 Å². The van der Waals surface area contributed by atoms with E-state index in [1.165, 1.54) is 13.2 Å². The molecule has 0 atom stereocenters. The van der Waals surface area contributed by atoms with Crippen molar-refractivity contribution >= 4 is 28.3 Å². The summed E-state index contributed by atoms with van der Waals surface area (Å²) in [4.78, 5) is 26.6. The number of carbonyl (C=O) groups is 1. The first-order valence-corrected chi connectivity index (χ1v) is 9.70. The molecule has 0 saturated carbocycles. The second-order valence-electron chi connectivity index (χ2n) is 7.10. The van der Waals surface area contributed by atoms with E-state index in [0.29, 0.717) is 28.3 Å². The van der Waals surface area contributed by atoms with Crippen molar-refractivity contribution in [3.8, 4) is 11.5 Å². The third-order valence-corrected chi connectivity index (χ3v) is 4.98. The fourth-order valence-corrected chi connectivity index (χ4v) is 3.40. The van der Waals surface area contributed by atoms with Gasteiger partial charge in [-0.15, -0.1) is 0 Å². The lowest BCUT2D eigenvalue weighted by Gasteiger charge is -2.22. The maximum Gasteiger partial charge on any atom is 0.343 e. The van der Waals surface area contributed by atoms with Gasteiger partial charge < -0.3 is 18.8 Å². The maximum atomic E-state index is 12.7. The van der Waals surface area contributed by atoms with E-state index in [4.69, 9.17) is 13.9 Å². The smallest absolute Gasteiger partial charge is 0.343 e. The molecule has 4 aromatic rings. The summed E-state index contributed by atoms with van der Waals surface area (Å²) in [5.41, 5.74) is 2.85. The standard InChI is InChI=1S/C25H21NO5/c1-16-7-6-8-17(13-16)25(28)31-23-14-18(11-12-22(23)29-3)26(2)20-15-24(27)30-21-10-5-4-9-19(20)21/h4-15H,1-3H3. The van der Waals surface area contributed by atoms with Crippen molar-refractivity contribution in [2.75, 3.05) is 19.1 Å². The fourth-order valence-electron chi connectivity index (χ4n) is 3.40. The Hall–Kier alpha value is -4.06. The summed E-state index contributed by atoms with van der Waals surface area (Å²) >= 11 is 0. The zero-order valence-electron chi connectivity index (χ0n) is 17.4. The number of nitrogens with zero attached hydrogens (tertiary/aromatic N) is 1. The summed E-state index contributed by atoms with van der Waals surface area (Å²) < 4.78 is 16.3. The van der Waals surface area contributed by atoms with Gasteiger partial charge in [-0.25, -0.2) is 9.59 Å². The molecular weight excluding hydrogens is 394 g/mol. The summed E-state index contributed by atoms with van der Waals surface area (Å²) in [7, 11) is 3.34. The number of hydrogen-bond acceptors (Lipinski definition) is 6. The monoisotopic (exact) mass is 415 g/mol. The van der Waals surface area contributed by atoms with Crippen molar-refractivity contribution in [3.63, 3.8) is 0 Å². The van der Waals surface area contributed by atoms with Gasteiger partial charge in [0.1, 0.15) is 5.58 Å². The highest BCUT2D eigenvalue weighted by Crippen LogP contribution is 2.36. The lowest BCUT2D eigenvalue weighted by atomic mass is 10.1. The first-order valence-electron chi connectivity index (χ1n) is 9.70. The quantitative estimate of drug-likeness (QED) is 0.257. The molecule has 0 spiro atoms. The van der Waals surface area contributed by atoms with E-state index in [9.17, 15) is 9.59 Å². The Morgan fingerprint density at radius 3 is 2.52 bits per heavy atom. The second kappa shape index (κ2) is 8.36. The van der Waals surface area contributed by atoms with Gasteiger partial charge in [0.25, 0.3) is 0 Å². The van der Waals surface area contributed by atoms with Gasteiger partial charge in [0.05, 0.1) is 18.4 Å². The number of anilines is 2. The van der Waals surface area contributed by atoms with Gasteiger partial charge in [0.2, 0.25) is 0 Å². The lowest BCUT2D eigenvalue weighted by Crippen LogP contribution is -2.14. The summed E-state index contributed by atoms with van der Waals surface area (Å²) in [6.45, 7) is 1.91. The molecule has 0 radical (unpaired) electrons. The van der Waals surface area contributed by atoms with Crippen molar-refractivity contribution in [2.45, 2.75) is 6.92 Å². The predicted octanol–water partition coefficient (Wildman–Crippen LogP) is 5.10. The molecule has 0 fully saturated rings. The molecule has 0 amide bonds. The lowest BCUT2D eigenvalue weighted by molar-refractivity contribution is 0.0729. The summed E-state index contributed by atoms with van der Waals surface area (Å²) in [5, 5.41) is 0.790. The van der Waals surface area contributed by atoms with Crippen molar-refractivity contribution in [1.82, 2.24) is 0 Å². The van der Waals surface area contributed by atoms with Crippen LogP contribution >= 0.6 is 0 Å². The molecule has 0 aliphatic carbocycles. The zero-order chi connectivity index (χ0) is 22.0. The number of carbonyl (C=O) groups excluding carboxylic acids is 1. The van der Waals surface area contributed by atoms with E-state index in [1.807, 2.05) is 49.2 Å². The van der Waals surface area contributed by atoms with Gasteiger partial charge in [-0.1, -0.05) is 29.8 Å². The molecule has 0 bridgehead atoms. The number of fused-ring (bicyclic) bond motifs is 1. The minimum atomic E-state index is -0.479. The molecule has 0 aliphatic rings. The van der Waals surface area contributed by atoms with E-state index >= 15 is 0 Å². The van der Waals surface area contributed by atoms with Crippen LogP contribution in [-0.4, -0.2) is 20.1 Å². The van der Waals surface area contributed by atoms with Gasteiger partial charge in [0, 0.05) is 30.3 Å². The van der Waals surface area contributed by atoms with E-state index < -0.39 is 11.6 Å². The van der Waals surface area contributed by atoms with Crippen molar-refractivity contribution < 1.29 is 18.7 Å². The Kier molecular flexibility index (Phi) is 5.45. The third-order valence-electron chi connectivity index (χ3n) is 4.98. The molecule has 0 unspecified atom stereocenters. The fraction of sp³-hybridized carbons (Fsp3) is 0.120. The van der Waals surface area contributed by atoms with E-state index in [0.717, 1.165) is 10.9 Å². The molecule has 4 rings (SSSR count). The molecule has 6 nitrogen and oxygen atoms in total. The number of benzene rings is 3. The molecule has 156 valence electrons. The van der Waals surface area contributed by atoms with Crippen LogP contribution in [0.3, 0.4) is 0 Å². The summed E-state index contributed by atoms with van der Waals surface area (Å²) in [6, 6.07) is 21.2. The van der Waals surface area contributed by atoms with Crippen LogP contribution < -0.4 is 20.0 Å². The number of aryl methyl sites for hydroxylation is 1. The van der Waals surface area contributed by atoms with Crippen LogP contribution in [-0.2, 0) is 0 Å². The van der Waals surface area contributed by atoms with Gasteiger partial charge in [0.15, 0.2) is 11.5 Å². The molecule has 0 aliphatic heterocycles. The minimum Gasteiger partial charge on any atom is -0.493 e. The van der Waals surface area contributed by atoms with Crippen LogP contribution in [0, 0.1) is 6.92 Å². The van der Waals surface area contributed by atoms with E-state index in [-0.39, 0.29) is 5.75 Å². The molecule has 1 heterocycles. The highest BCUT2D eigenvalue weighted by Gasteiger charge is 2.17. The number of rotatable bonds is 5.